The summed E-state index contributed by atoms with van der Waals surface area (Å²) in [6, 6.07) is 33.8. The van der Waals surface area contributed by atoms with Gasteiger partial charge in [0, 0.05) is 18.9 Å². The molecule has 5 atom stereocenters. The van der Waals surface area contributed by atoms with Gasteiger partial charge in [-0.1, -0.05) is 149 Å². The van der Waals surface area contributed by atoms with Crippen molar-refractivity contribution >= 4 is 29.8 Å². The van der Waals surface area contributed by atoms with E-state index < -0.39 is 53.3 Å². The van der Waals surface area contributed by atoms with E-state index in [1.807, 2.05) is 131 Å². The number of hydrazine groups is 1. The molecule has 6 rings (SSSR count). The number of ketones is 1. The Kier molecular flexibility index (Phi) is 15.7. The predicted molar refractivity (Wildman–Crippen MR) is 236 cm³/mol. The highest BCUT2D eigenvalue weighted by Gasteiger charge is 2.54. The van der Waals surface area contributed by atoms with Crippen molar-refractivity contribution in [3.05, 3.63) is 138 Å². The molecule has 11 heteroatoms. The number of benzene rings is 4. The fourth-order valence-electron chi connectivity index (χ4n) is 9.06. The number of ether oxygens (including phenoxy) is 2. The summed E-state index contributed by atoms with van der Waals surface area (Å²) in [5, 5.41) is 2.96. The Morgan fingerprint density at radius 1 is 0.803 bits per heavy atom. The fraction of sp³-hybridized carbons (Fsp3) is 0.400. The fourth-order valence-corrected chi connectivity index (χ4v) is 9.06. The first-order valence-corrected chi connectivity index (χ1v) is 21.5. The van der Waals surface area contributed by atoms with Gasteiger partial charge in [-0.3, -0.25) is 19.8 Å². The number of allylic oxidation sites excluding steroid dienone is 1. The van der Waals surface area contributed by atoms with Crippen molar-refractivity contribution < 1.29 is 33.5 Å². The molecule has 5 N–H and O–H groups in total. The number of carbonyl (C=O) groups excluding carboxylic acids is 4. The topological polar surface area (TPSA) is 158 Å². The molecule has 322 valence electrons. The highest BCUT2D eigenvalue weighted by atomic mass is 16.8. The van der Waals surface area contributed by atoms with Crippen molar-refractivity contribution in [2.45, 2.75) is 84.5 Å². The number of hydrogen-bond donors (Lipinski definition) is 4. The molecule has 1 aliphatic carbocycles. The number of fused-ring (bicyclic) bond motifs is 3. The number of rotatable bonds is 19. The molecule has 0 aromatic heterocycles. The molecule has 0 spiro atoms. The van der Waals surface area contributed by atoms with Crippen LogP contribution in [0.1, 0.15) is 88.0 Å². The zero-order valence-corrected chi connectivity index (χ0v) is 35.7. The molecular formula is C50H60N4O7. The Labute approximate surface area is 359 Å². The van der Waals surface area contributed by atoms with E-state index in [0.717, 1.165) is 46.2 Å². The maximum atomic E-state index is 16.1. The number of amides is 3. The smallest absolute Gasteiger partial charge is 0.407 e. The Morgan fingerprint density at radius 2 is 1.43 bits per heavy atom. The highest BCUT2D eigenvalue weighted by molar-refractivity contribution is 6.00. The summed E-state index contributed by atoms with van der Waals surface area (Å²) in [5.41, 5.74) is 9.08. The molecular weight excluding hydrogens is 769 g/mol. The van der Waals surface area contributed by atoms with E-state index in [1.54, 1.807) is 6.08 Å². The van der Waals surface area contributed by atoms with Crippen LogP contribution in [0, 0.1) is 29.1 Å². The number of nitrogens with two attached hydrogens (primary N) is 1. The first kappa shape index (κ1) is 44.9. The normalized spacial score (nSPS) is 17.5. The van der Waals surface area contributed by atoms with Crippen LogP contribution >= 0.6 is 0 Å². The van der Waals surface area contributed by atoms with E-state index in [2.05, 4.69) is 28.4 Å². The molecule has 2 unspecified atom stereocenters. The van der Waals surface area contributed by atoms with Gasteiger partial charge in [-0.05, 0) is 77.3 Å². The van der Waals surface area contributed by atoms with Gasteiger partial charge < -0.3 is 14.8 Å². The summed E-state index contributed by atoms with van der Waals surface area (Å²) < 4.78 is 11.8. The SMILES string of the molecule is CC(C)C[C@@H](C(=O)NN)[C@H](C(=O)NOC1CCCCO1)C(/C=C/c1ccccc1)(CC(C)C)C(=O)[C@@H](Cc1ccccc1)NC(=O)OCC1c2ccccc2-c2ccccc21. The maximum Gasteiger partial charge on any atom is 0.407 e. The molecule has 0 bridgehead atoms. The van der Waals surface area contributed by atoms with Crippen LogP contribution in [0.4, 0.5) is 4.79 Å². The lowest BCUT2D eigenvalue weighted by molar-refractivity contribution is -0.204. The molecule has 1 heterocycles. The van der Waals surface area contributed by atoms with Crippen molar-refractivity contribution in [3.63, 3.8) is 0 Å². The van der Waals surface area contributed by atoms with Crippen molar-refractivity contribution in [3.8, 4) is 11.1 Å². The van der Waals surface area contributed by atoms with Gasteiger partial charge in [0.05, 0.1) is 23.3 Å². The molecule has 0 radical (unpaired) electrons. The van der Waals surface area contributed by atoms with Crippen LogP contribution in [-0.4, -0.2) is 49.2 Å². The van der Waals surface area contributed by atoms with E-state index in [9.17, 15) is 9.59 Å². The van der Waals surface area contributed by atoms with Crippen molar-refractivity contribution in [1.29, 1.82) is 0 Å². The number of hydroxylamine groups is 1. The number of nitrogens with one attached hydrogen (secondary N) is 3. The van der Waals surface area contributed by atoms with Crippen molar-refractivity contribution in [2.24, 2.45) is 34.9 Å². The number of hydrogen-bond acceptors (Lipinski definition) is 8. The van der Waals surface area contributed by atoms with Gasteiger partial charge in [0.15, 0.2) is 12.1 Å². The van der Waals surface area contributed by atoms with Gasteiger partial charge in [-0.15, -0.1) is 0 Å². The minimum absolute atomic E-state index is 0.0376. The van der Waals surface area contributed by atoms with Crippen molar-refractivity contribution in [1.82, 2.24) is 16.2 Å². The zero-order chi connectivity index (χ0) is 43.4. The third-order valence-corrected chi connectivity index (χ3v) is 11.7. The standard InChI is InChI=1S/C50H60N4O7/c1-33(2)29-41(47(56)53-51)45(48(57)54-61-44-25-15-16-28-59-44)50(31-34(3)4,27-26-35-17-7-5-8-18-35)46(55)43(30-36-19-9-6-10-20-36)52-49(58)60-32-42-39-23-13-11-21-37(39)38-22-12-14-24-40(38)42/h5-14,17-24,26-27,33-34,41-45H,15-16,25,28-32,51H2,1-4H3,(H,52,58)(H,53,56)(H,54,57)/b27-26+/t41-,43-,44?,45-,50?/m1/s1. The number of Topliss-reactive ketones (excluding diaryl/α,β-unsaturated/α-hetero) is 1. The summed E-state index contributed by atoms with van der Waals surface area (Å²) in [6.07, 6.45) is 4.82. The lowest BCUT2D eigenvalue weighted by atomic mass is 9.59. The first-order chi connectivity index (χ1) is 29.5. The second kappa shape index (κ2) is 21.3. The van der Waals surface area contributed by atoms with Crippen LogP contribution in [0.5, 0.6) is 0 Å². The van der Waals surface area contributed by atoms with Gasteiger partial charge in [-0.25, -0.2) is 21.0 Å². The van der Waals surface area contributed by atoms with Crippen molar-refractivity contribution in [2.75, 3.05) is 13.2 Å². The Hall–Kier alpha value is -5.62. The van der Waals surface area contributed by atoms with E-state index in [0.29, 0.717) is 13.0 Å². The lowest BCUT2D eigenvalue weighted by Gasteiger charge is -2.43. The minimum atomic E-state index is -1.70. The Bertz CT molecular complexity index is 2070. The van der Waals surface area contributed by atoms with Crippen LogP contribution in [0.25, 0.3) is 17.2 Å². The lowest BCUT2D eigenvalue weighted by Crippen LogP contribution is -2.58. The van der Waals surface area contributed by atoms with E-state index in [1.165, 1.54) is 0 Å². The second-order valence-electron chi connectivity index (χ2n) is 17.1. The molecule has 61 heavy (non-hydrogen) atoms. The van der Waals surface area contributed by atoms with Gasteiger partial charge in [-0.2, -0.15) is 0 Å². The van der Waals surface area contributed by atoms with Gasteiger partial charge >= 0.3 is 6.09 Å². The Morgan fingerprint density at radius 3 is 2.02 bits per heavy atom. The predicted octanol–water partition coefficient (Wildman–Crippen LogP) is 8.29. The average Bonchev–Trinajstić information content (AvgIpc) is 3.59. The average molecular weight is 829 g/mol. The molecule has 11 nitrogen and oxygen atoms in total. The second-order valence-corrected chi connectivity index (χ2v) is 17.1. The van der Waals surface area contributed by atoms with E-state index in [-0.39, 0.29) is 43.6 Å². The van der Waals surface area contributed by atoms with Gasteiger partial charge in [0.1, 0.15) is 6.61 Å². The quantitative estimate of drug-likeness (QED) is 0.0418. The zero-order valence-electron chi connectivity index (χ0n) is 35.7. The molecule has 2 aliphatic rings. The summed E-state index contributed by atoms with van der Waals surface area (Å²) in [7, 11) is 0. The van der Waals surface area contributed by atoms with Crippen LogP contribution in [-0.2, 0) is 35.1 Å². The minimum Gasteiger partial charge on any atom is -0.449 e. The maximum absolute atomic E-state index is 16.1. The molecule has 3 amide bonds. The van der Waals surface area contributed by atoms with Gasteiger partial charge in [0.2, 0.25) is 11.8 Å². The van der Waals surface area contributed by atoms with Crippen LogP contribution < -0.4 is 22.1 Å². The van der Waals surface area contributed by atoms with E-state index in [4.69, 9.17) is 20.2 Å². The first-order valence-electron chi connectivity index (χ1n) is 21.5. The highest BCUT2D eigenvalue weighted by Crippen LogP contribution is 2.47. The molecule has 0 saturated carbocycles. The molecule has 1 aliphatic heterocycles. The Balaban J connectivity index is 1.44. The molecule has 1 fully saturated rings. The number of alkyl carbamates (subject to hydrolysis) is 1. The van der Waals surface area contributed by atoms with E-state index >= 15 is 9.59 Å². The largest absolute Gasteiger partial charge is 0.449 e. The monoisotopic (exact) mass is 828 g/mol. The summed E-state index contributed by atoms with van der Waals surface area (Å²) in [5.74, 6) is 1.26. The molecule has 4 aromatic rings. The summed E-state index contributed by atoms with van der Waals surface area (Å²) in [4.78, 5) is 65.2. The summed E-state index contributed by atoms with van der Waals surface area (Å²) in [6.45, 7) is 8.34. The van der Waals surface area contributed by atoms with Crippen LogP contribution in [0.2, 0.25) is 0 Å². The molecule has 4 aromatic carbocycles. The summed E-state index contributed by atoms with van der Waals surface area (Å²) >= 11 is 0. The van der Waals surface area contributed by atoms with Gasteiger partial charge in [0.25, 0.3) is 0 Å². The number of carbonyl (C=O) groups is 4. The third-order valence-electron chi connectivity index (χ3n) is 11.7. The van der Waals surface area contributed by atoms with Crippen LogP contribution in [0.3, 0.4) is 0 Å². The van der Waals surface area contributed by atoms with Crippen LogP contribution in [0.15, 0.2) is 115 Å². The third kappa shape index (κ3) is 11.2. The molecule has 1 saturated heterocycles.